The van der Waals surface area contributed by atoms with Gasteiger partial charge in [-0.2, -0.15) is 0 Å². The zero-order valence-corrected chi connectivity index (χ0v) is 12.0. The van der Waals surface area contributed by atoms with Gasteiger partial charge < -0.3 is 0 Å². The minimum Gasteiger partial charge on any atom is -0.204 e. The van der Waals surface area contributed by atoms with Gasteiger partial charge in [-0.3, -0.25) is 0 Å². The number of benzene rings is 2. The van der Waals surface area contributed by atoms with Crippen LogP contribution < -0.4 is 0 Å². The van der Waals surface area contributed by atoms with Crippen LogP contribution in [0.1, 0.15) is 16.5 Å². The molecule has 1 atom stereocenters. The van der Waals surface area contributed by atoms with Crippen molar-refractivity contribution in [3.05, 3.63) is 69.4 Å². The van der Waals surface area contributed by atoms with Gasteiger partial charge >= 0.3 is 0 Å². The minimum atomic E-state index is -1.49. The van der Waals surface area contributed by atoms with Gasteiger partial charge in [-0.15, -0.1) is 11.6 Å². The van der Waals surface area contributed by atoms with Gasteiger partial charge in [-0.1, -0.05) is 34.1 Å². The van der Waals surface area contributed by atoms with E-state index in [1.54, 1.807) is 0 Å². The normalized spacial score (nSPS) is 12.5. The van der Waals surface area contributed by atoms with E-state index in [1.807, 2.05) is 24.3 Å². The molecule has 1 unspecified atom stereocenters. The summed E-state index contributed by atoms with van der Waals surface area (Å²) < 4.78 is 40.5. The Balaban J connectivity index is 2.23. The van der Waals surface area contributed by atoms with Crippen molar-refractivity contribution < 1.29 is 13.2 Å². The number of hydrogen-bond donors (Lipinski definition) is 0. The van der Waals surface area contributed by atoms with E-state index >= 15 is 0 Å². The number of hydrogen-bond acceptors (Lipinski definition) is 0. The highest BCUT2D eigenvalue weighted by Gasteiger charge is 2.19. The lowest BCUT2D eigenvalue weighted by Crippen LogP contribution is -2.03. The average molecular weight is 350 g/mol. The summed E-state index contributed by atoms with van der Waals surface area (Å²) in [6.07, 6.45) is 0.330. The highest BCUT2D eigenvalue weighted by atomic mass is 79.9. The Morgan fingerprint density at radius 2 is 1.58 bits per heavy atom. The summed E-state index contributed by atoms with van der Waals surface area (Å²) in [5, 5.41) is -0.753. The molecule has 0 aliphatic heterocycles. The average Bonchev–Trinajstić information content (AvgIpc) is 2.39. The molecule has 0 aliphatic carbocycles. The molecule has 0 heterocycles. The molecule has 19 heavy (non-hydrogen) atoms. The zero-order valence-electron chi connectivity index (χ0n) is 9.64. The largest absolute Gasteiger partial charge is 0.204 e. The van der Waals surface area contributed by atoms with Crippen molar-refractivity contribution in [3.63, 3.8) is 0 Å². The molecule has 0 bridgehead atoms. The Labute approximate surface area is 122 Å². The van der Waals surface area contributed by atoms with Gasteiger partial charge in [0.2, 0.25) is 0 Å². The van der Waals surface area contributed by atoms with Gasteiger partial charge in [0.15, 0.2) is 17.5 Å². The van der Waals surface area contributed by atoms with E-state index in [1.165, 1.54) is 6.07 Å². The van der Waals surface area contributed by atoms with Crippen LogP contribution in [0.15, 0.2) is 40.9 Å². The van der Waals surface area contributed by atoms with Crippen molar-refractivity contribution in [2.45, 2.75) is 11.8 Å². The molecule has 0 aliphatic rings. The Morgan fingerprint density at radius 3 is 2.21 bits per heavy atom. The van der Waals surface area contributed by atoms with Crippen molar-refractivity contribution in [2.24, 2.45) is 0 Å². The zero-order chi connectivity index (χ0) is 14.0. The first kappa shape index (κ1) is 14.4. The second kappa shape index (κ2) is 5.97. The molecule has 2 aromatic carbocycles. The molecule has 0 fully saturated rings. The maximum absolute atomic E-state index is 13.6. The van der Waals surface area contributed by atoms with Gasteiger partial charge in [-0.25, -0.2) is 13.2 Å². The first-order chi connectivity index (χ1) is 8.99. The van der Waals surface area contributed by atoms with E-state index in [4.69, 9.17) is 11.6 Å². The first-order valence-corrected chi connectivity index (χ1v) is 6.74. The van der Waals surface area contributed by atoms with E-state index in [-0.39, 0.29) is 5.56 Å². The molecular weight excluding hydrogens is 341 g/mol. The van der Waals surface area contributed by atoms with E-state index in [0.29, 0.717) is 6.42 Å². The third kappa shape index (κ3) is 3.31. The topological polar surface area (TPSA) is 0 Å². The first-order valence-electron chi connectivity index (χ1n) is 5.51. The summed E-state index contributed by atoms with van der Waals surface area (Å²) in [6, 6.07) is 9.38. The maximum Gasteiger partial charge on any atom is 0.194 e. The second-order valence-electron chi connectivity index (χ2n) is 4.06. The van der Waals surface area contributed by atoms with Crippen molar-refractivity contribution >= 4 is 27.5 Å². The van der Waals surface area contributed by atoms with Crippen LogP contribution in [0, 0.1) is 17.5 Å². The lowest BCUT2D eigenvalue weighted by Gasteiger charge is -2.12. The van der Waals surface area contributed by atoms with Gasteiger partial charge in [0.1, 0.15) is 0 Å². The fourth-order valence-corrected chi connectivity index (χ4v) is 2.33. The number of alkyl halides is 1. The summed E-state index contributed by atoms with van der Waals surface area (Å²) in [5.74, 6) is -3.93. The Morgan fingerprint density at radius 1 is 0.947 bits per heavy atom. The molecule has 2 rings (SSSR count). The molecule has 0 nitrogen and oxygen atoms in total. The summed E-state index contributed by atoms with van der Waals surface area (Å²) in [7, 11) is 0. The molecule has 0 radical (unpaired) electrons. The number of halogens is 5. The Kier molecular flexibility index (Phi) is 4.53. The van der Waals surface area contributed by atoms with Crippen LogP contribution in [-0.4, -0.2) is 0 Å². The highest BCUT2D eigenvalue weighted by Crippen LogP contribution is 2.29. The fourth-order valence-electron chi connectivity index (χ4n) is 1.72. The van der Waals surface area contributed by atoms with E-state index in [0.717, 1.165) is 16.1 Å². The van der Waals surface area contributed by atoms with Crippen LogP contribution >= 0.6 is 27.5 Å². The molecule has 100 valence electrons. The summed E-state index contributed by atoms with van der Waals surface area (Å²) in [5.41, 5.74) is 0.843. The van der Waals surface area contributed by atoms with Crippen LogP contribution in [0.4, 0.5) is 13.2 Å². The molecule has 5 heteroatoms. The van der Waals surface area contributed by atoms with Crippen molar-refractivity contribution in [3.8, 4) is 0 Å². The lowest BCUT2D eigenvalue weighted by atomic mass is 10.0. The van der Waals surface area contributed by atoms with E-state index < -0.39 is 22.8 Å². The van der Waals surface area contributed by atoms with Crippen molar-refractivity contribution in [2.75, 3.05) is 0 Å². The van der Waals surface area contributed by atoms with Crippen LogP contribution in [0.5, 0.6) is 0 Å². The SMILES string of the molecule is Fc1ccc(C(Cl)Cc2ccc(Br)cc2)c(F)c1F. The van der Waals surface area contributed by atoms with Crippen LogP contribution in [0.3, 0.4) is 0 Å². The van der Waals surface area contributed by atoms with Gasteiger partial charge in [-0.05, 0) is 30.2 Å². The van der Waals surface area contributed by atoms with Crippen LogP contribution in [0.2, 0.25) is 0 Å². The predicted molar refractivity (Wildman–Crippen MR) is 72.8 cm³/mol. The summed E-state index contributed by atoms with van der Waals surface area (Å²) >= 11 is 9.37. The summed E-state index contributed by atoms with van der Waals surface area (Å²) in [4.78, 5) is 0. The van der Waals surface area contributed by atoms with Crippen LogP contribution in [-0.2, 0) is 6.42 Å². The monoisotopic (exact) mass is 348 g/mol. The second-order valence-corrected chi connectivity index (χ2v) is 5.51. The predicted octanol–water partition coefficient (Wildman–Crippen LogP) is 5.39. The lowest BCUT2D eigenvalue weighted by molar-refractivity contribution is 0.440. The van der Waals surface area contributed by atoms with Crippen molar-refractivity contribution in [1.29, 1.82) is 0 Å². The van der Waals surface area contributed by atoms with Gasteiger partial charge in [0.25, 0.3) is 0 Å². The van der Waals surface area contributed by atoms with Gasteiger partial charge in [0, 0.05) is 10.0 Å². The third-order valence-corrected chi connectivity index (χ3v) is 3.65. The molecule has 0 aromatic heterocycles. The Hall–Kier alpha value is -1.00. The molecule has 0 N–H and O–H groups in total. The standard InChI is InChI=1S/C14H9BrClF3/c15-9-3-1-8(2-4-9)7-11(16)10-5-6-12(17)14(19)13(10)18/h1-6,11H,7H2. The van der Waals surface area contributed by atoms with Crippen molar-refractivity contribution in [1.82, 2.24) is 0 Å². The van der Waals surface area contributed by atoms with Gasteiger partial charge in [0.05, 0.1) is 5.38 Å². The molecular formula is C14H9BrClF3. The maximum atomic E-state index is 13.6. The molecule has 0 saturated carbocycles. The molecule has 0 spiro atoms. The third-order valence-electron chi connectivity index (χ3n) is 2.73. The quantitative estimate of drug-likeness (QED) is 0.515. The number of rotatable bonds is 3. The molecule has 0 saturated heterocycles. The van der Waals surface area contributed by atoms with E-state index in [2.05, 4.69) is 15.9 Å². The summed E-state index contributed by atoms with van der Waals surface area (Å²) in [6.45, 7) is 0. The highest BCUT2D eigenvalue weighted by molar-refractivity contribution is 9.10. The molecule has 0 amide bonds. The minimum absolute atomic E-state index is 0.0384. The van der Waals surface area contributed by atoms with E-state index in [9.17, 15) is 13.2 Å². The van der Waals surface area contributed by atoms with Crippen LogP contribution in [0.25, 0.3) is 0 Å². The smallest absolute Gasteiger partial charge is 0.194 e. The Bertz CT molecular complexity index is 584. The molecule has 2 aromatic rings. The fraction of sp³-hybridized carbons (Fsp3) is 0.143.